The van der Waals surface area contributed by atoms with E-state index in [0.717, 1.165) is 13.0 Å². The fraction of sp³-hybridized carbons (Fsp3) is 1.00. The predicted octanol–water partition coefficient (Wildman–Crippen LogP) is 4.12. The lowest BCUT2D eigenvalue weighted by atomic mass is 9.75. The molecule has 0 N–H and O–H groups in total. The van der Waals surface area contributed by atoms with Crippen molar-refractivity contribution < 1.29 is 4.74 Å². The maximum Gasteiger partial charge on any atom is 0.0603 e. The molecule has 0 fully saturated rings. The lowest BCUT2D eigenvalue weighted by Gasteiger charge is -2.34. The molecule has 1 atom stereocenters. The first kappa shape index (κ1) is 14.0. The summed E-state index contributed by atoms with van der Waals surface area (Å²) in [5, 5.41) is 0. The number of rotatable bonds is 6. The van der Waals surface area contributed by atoms with E-state index < -0.39 is 0 Å². The van der Waals surface area contributed by atoms with Gasteiger partial charge in [0.05, 0.1) is 6.10 Å². The third kappa shape index (κ3) is 4.45. The molecule has 86 valence electrons. The second-order valence-electron chi connectivity index (χ2n) is 5.59. The van der Waals surface area contributed by atoms with E-state index in [1.165, 1.54) is 0 Å². The van der Waals surface area contributed by atoms with Crippen molar-refractivity contribution in [2.45, 2.75) is 61.0 Å². The van der Waals surface area contributed by atoms with Crippen molar-refractivity contribution >= 4 is 0 Å². The van der Waals surface area contributed by atoms with E-state index in [0.29, 0.717) is 23.4 Å². The minimum absolute atomic E-state index is 0.379. The zero-order valence-electron chi connectivity index (χ0n) is 11.1. The van der Waals surface area contributed by atoms with Crippen LogP contribution in [0.25, 0.3) is 0 Å². The highest BCUT2D eigenvalue weighted by molar-refractivity contribution is 4.78. The molecule has 0 radical (unpaired) electrons. The van der Waals surface area contributed by atoms with Crippen LogP contribution in [0.5, 0.6) is 0 Å². The summed E-state index contributed by atoms with van der Waals surface area (Å²) in [6.07, 6.45) is 1.58. The van der Waals surface area contributed by atoms with Gasteiger partial charge in [-0.15, -0.1) is 0 Å². The van der Waals surface area contributed by atoms with Crippen LogP contribution in [0.2, 0.25) is 0 Å². The first-order valence-corrected chi connectivity index (χ1v) is 5.92. The Balaban J connectivity index is 4.28. The quantitative estimate of drug-likeness (QED) is 0.626. The van der Waals surface area contributed by atoms with Crippen LogP contribution in [0.1, 0.15) is 54.9 Å². The van der Waals surface area contributed by atoms with E-state index in [1.54, 1.807) is 0 Å². The van der Waals surface area contributed by atoms with Gasteiger partial charge in [-0.25, -0.2) is 0 Å². The highest BCUT2D eigenvalue weighted by atomic mass is 16.5. The highest BCUT2D eigenvalue weighted by Gasteiger charge is 2.28. The van der Waals surface area contributed by atoms with Gasteiger partial charge in [0.2, 0.25) is 0 Å². The Labute approximate surface area is 90.2 Å². The van der Waals surface area contributed by atoms with Gasteiger partial charge in [-0.05, 0) is 30.6 Å². The van der Waals surface area contributed by atoms with Crippen molar-refractivity contribution in [1.29, 1.82) is 0 Å². The van der Waals surface area contributed by atoms with Gasteiger partial charge in [0.1, 0.15) is 0 Å². The molecule has 0 aliphatic heterocycles. The van der Waals surface area contributed by atoms with Crippen molar-refractivity contribution in [3.63, 3.8) is 0 Å². The van der Waals surface area contributed by atoms with Crippen LogP contribution in [0.15, 0.2) is 0 Å². The predicted molar refractivity (Wildman–Crippen MR) is 63.5 cm³/mol. The van der Waals surface area contributed by atoms with Crippen molar-refractivity contribution in [3.05, 3.63) is 0 Å². The lowest BCUT2D eigenvalue weighted by molar-refractivity contribution is -0.00859. The topological polar surface area (TPSA) is 9.23 Å². The van der Waals surface area contributed by atoms with E-state index >= 15 is 0 Å². The van der Waals surface area contributed by atoms with Crippen molar-refractivity contribution in [1.82, 2.24) is 0 Å². The Kier molecular flexibility index (Phi) is 5.73. The molecule has 0 aromatic rings. The maximum atomic E-state index is 5.79. The summed E-state index contributed by atoms with van der Waals surface area (Å²) in [6.45, 7) is 16.7. The molecule has 0 saturated heterocycles. The van der Waals surface area contributed by atoms with Crippen LogP contribution < -0.4 is 0 Å². The maximum absolute atomic E-state index is 5.79. The van der Waals surface area contributed by atoms with Gasteiger partial charge in [-0.1, -0.05) is 41.5 Å². The minimum atomic E-state index is 0.379. The molecule has 0 heterocycles. The molecule has 1 unspecified atom stereocenters. The molecule has 14 heavy (non-hydrogen) atoms. The van der Waals surface area contributed by atoms with Gasteiger partial charge in [-0.3, -0.25) is 0 Å². The molecule has 0 aromatic heterocycles. The third-order valence-corrected chi connectivity index (χ3v) is 3.41. The van der Waals surface area contributed by atoms with Crippen LogP contribution in [0, 0.1) is 17.3 Å². The van der Waals surface area contributed by atoms with Gasteiger partial charge in [0.15, 0.2) is 0 Å². The lowest BCUT2D eigenvalue weighted by Crippen LogP contribution is -2.30. The second-order valence-corrected chi connectivity index (χ2v) is 5.59. The summed E-state index contributed by atoms with van der Waals surface area (Å²) in [5.74, 6) is 1.33. The van der Waals surface area contributed by atoms with E-state index in [-0.39, 0.29) is 0 Å². The molecule has 0 aliphatic carbocycles. The van der Waals surface area contributed by atoms with Gasteiger partial charge in [0.25, 0.3) is 0 Å². The number of hydrogen-bond donors (Lipinski definition) is 0. The van der Waals surface area contributed by atoms with E-state index in [1.807, 2.05) is 0 Å². The molecule has 0 rings (SSSR count). The summed E-state index contributed by atoms with van der Waals surface area (Å²) in [7, 11) is 0. The average Bonchev–Trinajstić information content (AvgIpc) is 2.02. The molecule has 0 bridgehead atoms. The van der Waals surface area contributed by atoms with Gasteiger partial charge >= 0.3 is 0 Å². The number of ether oxygens (including phenoxy) is 1. The SMILES string of the molecule is CCOC(CC(C)(C)C(C)C)C(C)C. The van der Waals surface area contributed by atoms with Crippen molar-refractivity contribution in [2.24, 2.45) is 17.3 Å². The molecule has 0 aromatic carbocycles. The molecular weight excluding hydrogens is 172 g/mol. The minimum Gasteiger partial charge on any atom is -0.378 e. The van der Waals surface area contributed by atoms with E-state index in [9.17, 15) is 0 Å². The third-order valence-electron chi connectivity index (χ3n) is 3.41. The standard InChI is InChI=1S/C13H28O/c1-8-14-12(10(2)3)9-13(6,7)11(4)5/h10-12H,8-9H2,1-7H3. The van der Waals surface area contributed by atoms with Gasteiger partial charge in [-0.2, -0.15) is 0 Å². The molecule has 0 amide bonds. The summed E-state index contributed by atoms with van der Waals surface area (Å²) >= 11 is 0. The Hall–Kier alpha value is -0.0400. The molecule has 0 spiro atoms. The summed E-state index contributed by atoms with van der Waals surface area (Å²) in [4.78, 5) is 0. The van der Waals surface area contributed by atoms with E-state index in [2.05, 4.69) is 48.5 Å². The summed E-state index contributed by atoms with van der Waals surface area (Å²) in [5.41, 5.74) is 0.379. The van der Waals surface area contributed by atoms with E-state index in [4.69, 9.17) is 4.74 Å². The van der Waals surface area contributed by atoms with Crippen LogP contribution in [0.3, 0.4) is 0 Å². The summed E-state index contributed by atoms with van der Waals surface area (Å²) in [6, 6.07) is 0. The Morgan fingerprint density at radius 1 is 1.07 bits per heavy atom. The first-order chi connectivity index (χ1) is 6.31. The first-order valence-electron chi connectivity index (χ1n) is 5.92. The second kappa shape index (κ2) is 5.75. The Morgan fingerprint density at radius 2 is 1.57 bits per heavy atom. The molecule has 0 aliphatic rings. The normalized spacial score (nSPS) is 15.2. The number of hydrogen-bond acceptors (Lipinski definition) is 1. The van der Waals surface area contributed by atoms with Crippen LogP contribution in [-0.2, 0) is 4.74 Å². The zero-order valence-corrected chi connectivity index (χ0v) is 11.1. The van der Waals surface area contributed by atoms with Crippen LogP contribution in [0.4, 0.5) is 0 Å². The smallest absolute Gasteiger partial charge is 0.0603 e. The molecule has 1 nitrogen and oxygen atoms in total. The highest BCUT2D eigenvalue weighted by Crippen LogP contribution is 2.34. The fourth-order valence-corrected chi connectivity index (χ4v) is 1.46. The van der Waals surface area contributed by atoms with Gasteiger partial charge in [0, 0.05) is 6.61 Å². The van der Waals surface area contributed by atoms with Gasteiger partial charge < -0.3 is 4.74 Å². The summed E-state index contributed by atoms with van der Waals surface area (Å²) < 4.78 is 5.79. The molecule has 0 saturated carbocycles. The average molecular weight is 200 g/mol. The Morgan fingerprint density at radius 3 is 1.86 bits per heavy atom. The Bertz CT molecular complexity index is 147. The fourth-order valence-electron chi connectivity index (χ4n) is 1.46. The molecule has 1 heteroatoms. The largest absolute Gasteiger partial charge is 0.378 e. The monoisotopic (exact) mass is 200 g/mol. The zero-order chi connectivity index (χ0) is 11.4. The van der Waals surface area contributed by atoms with Crippen LogP contribution >= 0.6 is 0 Å². The van der Waals surface area contributed by atoms with Crippen molar-refractivity contribution in [3.8, 4) is 0 Å². The van der Waals surface area contributed by atoms with Crippen LogP contribution in [-0.4, -0.2) is 12.7 Å². The molecular formula is C13H28O. The van der Waals surface area contributed by atoms with Crippen molar-refractivity contribution in [2.75, 3.05) is 6.61 Å².